The van der Waals surface area contributed by atoms with Crippen LogP contribution in [0.2, 0.25) is 0 Å². The number of rotatable bonds is 5. The van der Waals surface area contributed by atoms with Crippen LogP contribution in [0.25, 0.3) is 16.6 Å². The summed E-state index contributed by atoms with van der Waals surface area (Å²) in [5, 5.41) is 11.1. The highest BCUT2D eigenvalue weighted by Crippen LogP contribution is 2.52. The zero-order valence-corrected chi connectivity index (χ0v) is 19.7. The van der Waals surface area contributed by atoms with Crippen molar-refractivity contribution in [3.05, 3.63) is 71.6 Å². The van der Waals surface area contributed by atoms with Gasteiger partial charge < -0.3 is 5.32 Å². The molecule has 1 saturated carbocycles. The molecule has 2 aromatic carbocycles. The van der Waals surface area contributed by atoms with Crippen LogP contribution in [0.15, 0.2) is 60.2 Å². The van der Waals surface area contributed by atoms with E-state index >= 15 is 0 Å². The van der Waals surface area contributed by atoms with Gasteiger partial charge in [0.15, 0.2) is 5.13 Å². The van der Waals surface area contributed by atoms with Gasteiger partial charge in [-0.05, 0) is 54.8 Å². The van der Waals surface area contributed by atoms with E-state index in [0.717, 1.165) is 42.3 Å². The predicted octanol–water partition coefficient (Wildman–Crippen LogP) is 6.49. The Hall–Kier alpha value is -3.06. The van der Waals surface area contributed by atoms with Gasteiger partial charge in [0.05, 0.1) is 22.8 Å². The number of amides is 1. The van der Waals surface area contributed by atoms with E-state index in [-0.39, 0.29) is 17.1 Å². The zero-order valence-electron chi connectivity index (χ0n) is 18.8. The molecule has 5 nitrogen and oxygen atoms in total. The highest BCUT2D eigenvalue weighted by atomic mass is 32.1. The van der Waals surface area contributed by atoms with Crippen LogP contribution in [0.5, 0.6) is 0 Å². The van der Waals surface area contributed by atoms with Crippen molar-refractivity contribution in [3.8, 4) is 5.69 Å². The lowest BCUT2D eigenvalue weighted by atomic mass is 9.55. The SMILES string of the molecule is CC(C)(C(=O)Nc1nccs1)C1(c2ccc3c(cnn3-c3ccc(F)cc3)c2)CCCCC1. The van der Waals surface area contributed by atoms with Crippen molar-refractivity contribution in [2.75, 3.05) is 5.32 Å². The smallest absolute Gasteiger partial charge is 0.232 e. The number of fused-ring (bicyclic) bond motifs is 1. The number of nitrogens with one attached hydrogen (secondary N) is 1. The number of aromatic nitrogens is 3. The summed E-state index contributed by atoms with van der Waals surface area (Å²) in [6.45, 7) is 4.13. The highest BCUT2D eigenvalue weighted by molar-refractivity contribution is 7.13. The lowest BCUT2D eigenvalue weighted by molar-refractivity contribution is -0.128. The molecule has 7 heteroatoms. The fraction of sp³-hybridized carbons (Fsp3) is 0.346. The number of hydrogen-bond acceptors (Lipinski definition) is 4. The van der Waals surface area contributed by atoms with Crippen LogP contribution >= 0.6 is 11.3 Å². The molecule has 5 rings (SSSR count). The Kier molecular flexibility index (Phi) is 5.52. The molecule has 2 heterocycles. The molecule has 0 atom stereocenters. The van der Waals surface area contributed by atoms with E-state index in [1.165, 1.54) is 35.5 Å². The normalized spacial score (nSPS) is 16.1. The van der Waals surface area contributed by atoms with Crippen molar-refractivity contribution in [1.82, 2.24) is 14.8 Å². The van der Waals surface area contributed by atoms with Crippen LogP contribution in [0.1, 0.15) is 51.5 Å². The molecule has 0 aliphatic heterocycles. The quantitative estimate of drug-likeness (QED) is 0.369. The fourth-order valence-electron chi connectivity index (χ4n) is 5.30. The summed E-state index contributed by atoms with van der Waals surface area (Å²) in [6, 6.07) is 12.7. The van der Waals surface area contributed by atoms with E-state index in [2.05, 4.69) is 47.4 Å². The summed E-state index contributed by atoms with van der Waals surface area (Å²) in [4.78, 5) is 17.7. The molecule has 1 fully saturated rings. The molecule has 1 amide bonds. The van der Waals surface area contributed by atoms with E-state index in [9.17, 15) is 9.18 Å². The minimum Gasteiger partial charge on any atom is -0.301 e. The molecule has 0 unspecified atom stereocenters. The van der Waals surface area contributed by atoms with Crippen LogP contribution in [0.3, 0.4) is 0 Å². The van der Waals surface area contributed by atoms with Gasteiger partial charge in [0.1, 0.15) is 5.82 Å². The Balaban J connectivity index is 1.55. The minimum atomic E-state index is -0.625. The van der Waals surface area contributed by atoms with Gasteiger partial charge in [0.25, 0.3) is 0 Å². The van der Waals surface area contributed by atoms with Crippen LogP contribution in [-0.4, -0.2) is 20.7 Å². The summed E-state index contributed by atoms with van der Waals surface area (Å²) >= 11 is 1.43. The molecule has 0 radical (unpaired) electrons. The van der Waals surface area contributed by atoms with Crippen LogP contribution in [0, 0.1) is 11.2 Å². The number of carbonyl (C=O) groups is 1. The lowest BCUT2D eigenvalue weighted by Gasteiger charge is -2.48. The monoisotopic (exact) mass is 462 g/mol. The number of benzene rings is 2. The third-order valence-corrected chi connectivity index (χ3v) is 8.00. The number of thiazole rings is 1. The third-order valence-electron chi connectivity index (χ3n) is 7.32. The minimum absolute atomic E-state index is 0.00135. The zero-order chi connectivity index (χ0) is 23.1. The first kappa shape index (κ1) is 21.8. The molecule has 0 spiro atoms. The van der Waals surface area contributed by atoms with Crippen molar-refractivity contribution in [1.29, 1.82) is 0 Å². The summed E-state index contributed by atoms with van der Waals surface area (Å²) in [7, 11) is 0. The first-order valence-corrected chi connectivity index (χ1v) is 12.2. The Morgan fingerprint density at radius 1 is 1.12 bits per heavy atom. The van der Waals surface area contributed by atoms with Gasteiger partial charge in [0.2, 0.25) is 5.91 Å². The number of nitrogens with zero attached hydrogens (tertiary/aromatic N) is 3. The van der Waals surface area contributed by atoms with Gasteiger partial charge in [-0.25, -0.2) is 14.1 Å². The Bertz CT molecular complexity index is 1270. The fourth-order valence-corrected chi connectivity index (χ4v) is 5.83. The van der Waals surface area contributed by atoms with Gasteiger partial charge in [0, 0.05) is 22.4 Å². The largest absolute Gasteiger partial charge is 0.301 e. The number of carbonyl (C=O) groups excluding carboxylic acids is 1. The lowest BCUT2D eigenvalue weighted by Crippen LogP contribution is -2.50. The summed E-state index contributed by atoms with van der Waals surface area (Å²) < 4.78 is 15.2. The first-order valence-electron chi connectivity index (χ1n) is 11.4. The maximum atomic E-state index is 13.5. The molecule has 1 aliphatic carbocycles. The van der Waals surface area contributed by atoms with Crippen LogP contribution in [-0.2, 0) is 10.2 Å². The van der Waals surface area contributed by atoms with Crippen molar-refractivity contribution in [2.24, 2.45) is 5.41 Å². The number of hydrogen-bond donors (Lipinski definition) is 1. The average Bonchev–Trinajstić information content (AvgIpc) is 3.49. The van der Waals surface area contributed by atoms with E-state index in [1.807, 2.05) is 16.3 Å². The molecular formula is C26H27FN4OS. The molecule has 1 aliphatic rings. The molecule has 1 N–H and O–H groups in total. The molecular weight excluding hydrogens is 435 g/mol. The van der Waals surface area contributed by atoms with Crippen molar-refractivity contribution < 1.29 is 9.18 Å². The predicted molar refractivity (Wildman–Crippen MR) is 130 cm³/mol. The van der Waals surface area contributed by atoms with Crippen molar-refractivity contribution in [3.63, 3.8) is 0 Å². The van der Waals surface area contributed by atoms with Gasteiger partial charge in [-0.2, -0.15) is 5.10 Å². The topological polar surface area (TPSA) is 59.8 Å². The van der Waals surface area contributed by atoms with Gasteiger partial charge in [-0.3, -0.25) is 4.79 Å². The van der Waals surface area contributed by atoms with Gasteiger partial charge in [-0.15, -0.1) is 11.3 Å². The maximum absolute atomic E-state index is 13.5. The summed E-state index contributed by atoms with van der Waals surface area (Å²) in [5.74, 6) is -0.267. The third kappa shape index (κ3) is 3.74. The molecule has 2 aromatic heterocycles. The van der Waals surface area contributed by atoms with Crippen LogP contribution in [0.4, 0.5) is 9.52 Å². The van der Waals surface area contributed by atoms with Crippen molar-refractivity contribution >= 4 is 33.3 Å². The van der Waals surface area contributed by atoms with Crippen LogP contribution < -0.4 is 5.32 Å². The molecule has 0 saturated heterocycles. The molecule has 33 heavy (non-hydrogen) atoms. The molecule has 170 valence electrons. The first-order chi connectivity index (χ1) is 15.9. The number of anilines is 1. The molecule has 4 aromatic rings. The Labute approximate surface area is 196 Å². The number of halogens is 1. The van der Waals surface area contributed by atoms with E-state index in [1.54, 1.807) is 18.3 Å². The molecule has 0 bridgehead atoms. The summed E-state index contributed by atoms with van der Waals surface area (Å²) in [5.41, 5.74) is 2.04. The Morgan fingerprint density at radius 3 is 2.58 bits per heavy atom. The van der Waals surface area contributed by atoms with E-state index in [4.69, 9.17) is 0 Å². The van der Waals surface area contributed by atoms with Crippen molar-refractivity contribution in [2.45, 2.75) is 51.4 Å². The van der Waals surface area contributed by atoms with E-state index < -0.39 is 5.41 Å². The van der Waals surface area contributed by atoms with Gasteiger partial charge in [-0.1, -0.05) is 39.2 Å². The standard InChI is InChI=1S/C26H27FN4OS/c1-25(2,23(32)30-24-28-14-15-33-24)26(12-4-3-5-13-26)19-6-11-22-18(16-19)17-29-31(22)21-9-7-20(27)8-10-21/h6-11,14-17H,3-5,12-13H2,1-2H3,(H,28,30,32). The van der Waals surface area contributed by atoms with Gasteiger partial charge >= 0.3 is 0 Å². The second kappa shape index (κ2) is 8.37. The van der Waals surface area contributed by atoms with E-state index in [0.29, 0.717) is 5.13 Å². The second-order valence-corrected chi connectivity index (χ2v) is 10.3. The highest BCUT2D eigenvalue weighted by Gasteiger charge is 2.51. The Morgan fingerprint density at radius 2 is 1.88 bits per heavy atom. The average molecular weight is 463 g/mol. The second-order valence-electron chi connectivity index (χ2n) is 9.37. The summed E-state index contributed by atoms with van der Waals surface area (Å²) in [6.07, 6.45) is 8.86. The maximum Gasteiger partial charge on any atom is 0.232 e.